The van der Waals surface area contributed by atoms with Crippen molar-refractivity contribution in [2.24, 2.45) is 0 Å². The van der Waals surface area contributed by atoms with Gasteiger partial charge in [-0.05, 0) is 43.9 Å². The summed E-state index contributed by atoms with van der Waals surface area (Å²) in [4.78, 5) is 13.8. The number of nitrogens with zero attached hydrogens (tertiary/aromatic N) is 1. The fraction of sp³-hybridized carbons (Fsp3) is 0.500. The van der Waals surface area contributed by atoms with Gasteiger partial charge in [-0.1, -0.05) is 6.07 Å². The van der Waals surface area contributed by atoms with Crippen molar-refractivity contribution in [2.75, 3.05) is 25.9 Å². The van der Waals surface area contributed by atoms with Gasteiger partial charge in [0.1, 0.15) is 0 Å². The number of hydrogen-bond acceptors (Lipinski definition) is 3. The molecule has 1 aromatic rings. The number of unbranched alkanes of at least 4 members (excludes halogenated alkanes) is 2. The summed E-state index contributed by atoms with van der Waals surface area (Å²) in [5, 5.41) is 8.68. The second kappa shape index (κ2) is 7.01. The molecular formula is C14H22N2O2. The number of rotatable bonds is 6. The monoisotopic (exact) mass is 250 g/mol. The van der Waals surface area contributed by atoms with E-state index in [1.54, 1.807) is 18.0 Å². The molecule has 1 aromatic carbocycles. The highest BCUT2D eigenvalue weighted by atomic mass is 16.2. The minimum absolute atomic E-state index is 0.0449. The predicted octanol–water partition coefficient (Wildman–Crippen LogP) is 1.81. The minimum Gasteiger partial charge on any atom is -0.398 e. The number of nitrogen functional groups attached to an aromatic ring is 1. The van der Waals surface area contributed by atoms with Crippen LogP contribution in [0.5, 0.6) is 0 Å². The zero-order valence-corrected chi connectivity index (χ0v) is 11.1. The lowest BCUT2D eigenvalue weighted by Gasteiger charge is -2.18. The quantitative estimate of drug-likeness (QED) is 0.597. The molecule has 4 nitrogen and oxygen atoms in total. The van der Waals surface area contributed by atoms with Crippen LogP contribution in [0.2, 0.25) is 0 Å². The molecule has 0 atom stereocenters. The van der Waals surface area contributed by atoms with E-state index in [4.69, 9.17) is 10.8 Å². The fourth-order valence-electron chi connectivity index (χ4n) is 1.82. The molecular weight excluding hydrogens is 228 g/mol. The van der Waals surface area contributed by atoms with Crippen LogP contribution in [0.15, 0.2) is 18.2 Å². The van der Waals surface area contributed by atoms with Crippen LogP contribution in [0.1, 0.15) is 35.2 Å². The van der Waals surface area contributed by atoms with Gasteiger partial charge in [0.05, 0.1) is 5.56 Å². The zero-order valence-electron chi connectivity index (χ0n) is 11.1. The van der Waals surface area contributed by atoms with Crippen molar-refractivity contribution in [3.05, 3.63) is 29.3 Å². The maximum absolute atomic E-state index is 12.1. The highest BCUT2D eigenvalue weighted by Gasteiger charge is 2.13. The molecule has 0 fully saturated rings. The Labute approximate surface area is 108 Å². The predicted molar refractivity (Wildman–Crippen MR) is 73.5 cm³/mol. The molecule has 4 heteroatoms. The Balaban J connectivity index is 2.57. The van der Waals surface area contributed by atoms with E-state index in [0.29, 0.717) is 17.8 Å². The van der Waals surface area contributed by atoms with Crippen molar-refractivity contribution >= 4 is 11.6 Å². The number of amides is 1. The second-order valence-electron chi connectivity index (χ2n) is 4.60. The molecule has 0 aliphatic heterocycles. The molecule has 0 radical (unpaired) electrons. The number of aliphatic hydroxyl groups excluding tert-OH is 1. The van der Waals surface area contributed by atoms with Gasteiger partial charge in [-0.25, -0.2) is 0 Å². The first-order valence-electron chi connectivity index (χ1n) is 6.28. The Hall–Kier alpha value is -1.55. The lowest BCUT2D eigenvalue weighted by Crippen LogP contribution is -2.28. The van der Waals surface area contributed by atoms with Crippen LogP contribution in [0.3, 0.4) is 0 Å². The number of aryl methyl sites for hydroxylation is 1. The molecule has 100 valence electrons. The van der Waals surface area contributed by atoms with E-state index >= 15 is 0 Å². The van der Waals surface area contributed by atoms with Gasteiger partial charge in [-0.2, -0.15) is 0 Å². The maximum atomic E-state index is 12.1. The van der Waals surface area contributed by atoms with Crippen molar-refractivity contribution in [3.63, 3.8) is 0 Å². The van der Waals surface area contributed by atoms with Crippen LogP contribution in [0.4, 0.5) is 5.69 Å². The molecule has 0 bridgehead atoms. The Kier molecular flexibility index (Phi) is 5.65. The van der Waals surface area contributed by atoms with E-state index in [2.05, 4.69) is 0 Å². The van der Waals surface area contributed by atoms with E-state index in [0.717, 1.165) is 24.8 Å². The summed E-state index contributed by atoms with van der Waals surface area (Å²) in [7, 11) is 1.78. The van der Waals surface area contributed by atoms with Crippen LogP contribution >= 0.6 is 0 Å². The summed E-state index contributed by atoms with van der Waals surface area (Å²) in [6.45, 7) is 2.85. The lowest BCUT2D eigenvalue weighted by atomic mass is 10.1. The second-order valence-corrected chi connectivity index (χ2v) is 4.60. The summed E-state index contributed by atoms with van der Waals surface area (Å²) >= 11 is 0. The summed E-state index contributed by atoms with van der Waals surface area (Å²) in [5.74, 6) is -0.0449. The van der Waals surface area contributed by atoms with E-state index in [1.807, 2.05) is 19.1 Å². The summed E-state index contributed by atoms with van der Waals surface area (Å²) in [6, 6.07) is 5.48. The van der Waals surface area contributed by atoms with Gasteiger partial charge >= 0.3 is 0 Å². The smallest absolute Gasteiger partial charge is 0.255 e. The number of nitrogens with two attached hydrogens (primary N) is 1. The third kappa shape index (κ3) is 4.04. The molecule has 18 heavy (non-hydrogen) atoms. The van der Waals surface area contributed by atoms with E-state index in [-0.39, 0.29) is 12.5 Å². The standard InChI is InChI=1S/C14H22N2O2/c1-11-6-7-12(13(15)10-11)14(18)16(2)8-4-3-5-9-17/h6-7,10,17H,3-5,8-9,15H2,1-2H3. The van der Waals surface area contributed by atoms with E-state index in [9.17, 15) is 4.79 Å². The van der Waals surface area contributed by atoms with Gasteiger partial charge in [0, 0.05) is 25.9 Å². The summed E-state index contributed by atoms with van der Waals surface area (Å²) in [5.41, 5.74) is 8.00. The highest BCUT2D eigenvalue weighted by molar-refractivity contribution is 5.99. The molecule has 0 aliphatic carbocycles. The molecule has 1 amide bonds. The Morgan fingerprint density at radius 1 is 1.33 bits per heavy atom. The van der Waals surface area contributed by atoms with Crippen molar-refractivity contribution < 1.29 is 9.90 Å². The third-order valence-corrected chi connectivity index (χ3v) is 2.94. The van der Waals surface area contributed by atoms with Crippen molar-refractivity contribution in [1.29, 1.82) is 0 Å². The minimum atomic E-state index is -0.0449. The SMILES string of the molecule is Cc1ccc(C(=O)N(C)CCCCCO)c(N)c1. The van der Waals surface area contributed by atoms with Crippen molar-refractivity contribution in [3.8, 4) is 0 Å². The van der Waals surface area contributed by atoms with Gasteiger partial charge in [0.25, 0.3) is 5.91 Å². The van der Waals surface area contributed by atoms with Crippen molar-refractivity contribution in [2.45, 2.75) is 26.2 Å². The number of aliphatic hydroxyl groups is 1. The molecule has 0 aliphatic rings. The first kappa shape index (κ1) is 14.5. The van der Waals surface area contributed by atoms with Gasteiger partial charge in [0.15, 0.2) is 0 Å². The molecule has 0 aromatic heterocycles. The molecule has 1 rings (SSSR count). The number of carbonyl (C=O) groups excluding carboxylic acids is 1. The molecule has 0 spiro atoms. The molecule has 3 N–H and O–H groups in total. The van der Waals surface area contributed by atoms with Gasteiger partial charge in [0.2, 0.25) is 0 Å². The first-order chi connectivity index (χ1) is 8.56. The molecule has 0 saturated carbocycles. The van der Waals surface area contributed by atoms with Gasteiger partial charge in [-0.3, -0.25) is 4.79 Å². The fourth-order valence-corrected chi connectivity index (χ4v) is 1.82. The van der Waals surface area contributed by atoms with Crippen LogP contribution in [0.25, 0.3) is 0 Å². The summed E-state index contributed by atoms with van der Waals surface area (Å²) < 4.78 is 0. The van der Waals surface area contributed by atoms with E-state index in [1.165, 1.54) is 0 Å². The topological polar surface area (TPSA) is 66.6 Å². The van der Waals surface area contributed by atoms with Crippen LogP contribution < -0.4 is 5.73 Å². The number of carbonyl (C=O) groups is 1. The Morgan fingerprint density at radius 2 is 2.06 bits per heavy atom. The number of benzene rings is 1. The average Bonchev–Trinajstić information content (AvgIpc) is 2.33. The first-order valence-corrected chi connectivity index (χ1v) is 6.28. The third-order valence-electron chi connectivity index (χ3n) is 2.94. The molecule has 0 unspecified atom stereocenters. The zero-order chi connectivity index (χ0) is 13.5. The Morgan fingerprint density at radius 3 is 2.67 bits per heavy atom. The number of anilines is 1. The van der Waals surface area contributed by atoms with Crippen LogP contribution in [0, 0.1) is 6.92 Å². The van der Waals surface area contributed by atoms with Gasteiger partial charge < -0.3 is 15.7 Å². The van der Waals surface area contributed by atoms with Crippen LogP contribution in [-0.4, -0.2) is 36.1 Å². The van der Waals surface area contributed by atoms with Crippen molar-refractivity contribution in [1.82, 2.24) is 4.90 Å². The Bertz CT molecular complexity index is 405. The van der Waals surface area contributed by atoms with E-state index < -0.39 is 0 Å². The van der Waals surface area contributed by atoms with Gasteiger partial charge in [-0.15, -0.1) is 0 Å². The molecule has 0 heterocycles. The molecule has 0 saturated heterocycles. The normalized spacial score (nSPS) is 10.4. The lowest BCUT2D eigenvalue weighted by molar-refractivity contribution is 0.0793. The maximum Gasteiger partial charge on any atom is 0.255 e. The van der Waals surface area contributed by atoms with Crippen LogP contribution in [-0.2, 0) is 0 Å². The summed E-state index contributed by atoms with van der Waals surface area (Å²) in [6.07, 6.45) is 2.61. The number of hydrogen-bond donors (Lipinski definition) is 2. The average molecular weight is 250 g/mol. The highest BCUT2D eigenvalue weighted by Crippen LogP contribution is 2.15. The largest absolute Gasteiger partial charge is 0.398 e.